The maximum Gasteiger partial charge on any atom is 0.113 e. The van der Waals surface area contributed by atoms with Gasteiger partial charge in [-0.25, -0.2) is 0 Å². The number of likely N-dealkylation sites (N-methyl/N-ethyl adjacent to an activating group) is 1. The molecule has 4 heteroatoms. The van der Waals surface area contributed by atoms with Crippen molar-refractivity contribution >= 4 is 0 Å². The van der Waals surface area contributed by atoms with Crippen molar-refractivity contribution in [2.75, 3.05) is 46.4 Å². The van der Waals surface area contributed by atoms with E-state index in [4.69, 9.17) is 4.74 Å². The average molecular weight is 209 g/mol. The van der Waals surface area contributed by atoms with E-state index in [1.54, 1.807) is 0 Å². The van der Waals surface area contributed by atoms with Gasteiger partial charge in [0.05, 0.1) is 6.07 Å². The molecule has 2 rings (SSSR count). The minimum atomic E-state index is -0.237. The highest BCUT2D eigenvalue weighted by Crippen LogP contribution is 2.28. The van der Waals surface area contributed by atoms with Crippen molar-refractivity contribution in [3.8, 4) is 6.07 Å². The third-order valence-corrected chi connectivity index (χ3v) is 3.64. The molecule has 0 spiro atoms. The van der Waals surface area contributed by atoms with E-state index in [0.29, 0.717) is 0 Å². The molecule has 0 saturated carbocycles. The van der Waals surface area contributed by atoms with Gasteiger partial charge in [0.1, 0.15) is 5.54 Å². The predicted octanol–water partition coefficient (Wildman–Crippen LogP) is 0.307. The molecule has 2 aliphatic rings. The first-order valence-electron chi connectivity index (χ1n) is 5.69. The van der Waals surface area contributed by atoms with Crippen LogP contribution in [-0.2, 0) is 4.74 Å². The second-order valence-electron chi connectivity index (χ2n) is 4.55. The Hall–Kier alpha value is -0.630. The molecule has 0 amide bonds. The Kier molecular flexibility index (Phi) is 3.25. The van der Waals surface area contributed by atoms with Crippen LogP contribution in [0.1, 0.15) is 12.8 Å². The first-order valence-corrected chi connectivity index (χ1v) is 5.69. The lowest BCUT2D eigenvalue weighted by atomic mass is 9.89. The van der Waals surface area contributed by atoms with Crippen molar-refractivity contribution in [1.29, 1.82) is 5.26 Å². The van der Waals surface area contributed by atoms with Crippen LogP contribution in [0, 0.1) is 11.3 Å². The smallest absolute Gasteiger partial charge is 0.113 e. The number of hydrogen-bond acceptors (Lipinski definition) is 4. The van der Waals surface area contributed by atoms with Gasteiger partial charge in [0.2, 0.25) is 0 Å². The molecule has 0 unspecified atom stereocenters. The molecule has 0 atom stereocenters. The third kappa shape index (κ3) is 2.15. The summed E-state index contributed by atoms with van der Waals surface area (Å²) < 4.78 is 5.35. The molecule has 15 heavy (non-hydrogen) atoms. The Labute approximate surface area is 91.4 Å². The van der Waals surface area contributed by atoms with Crippen LogP contribution < -0.4 is 0 Å². The molecular formula is C11H19N3O. The largest absolute Gasteiger partial charge is 0.381 e. The van der Waals surface area contributed by atoms with Crippen LogP contribution in [-0.4, -0.2) is 61.8 Å². The molecule has 84 valence electrons. The van der Waals surface area contributed by atoms with E-state index in [9.17, 15) is 5.26 Å². The van der Waals surface area contributed by atoms with Gasteiger partial charge < -0.3 is 9.64 Å². The monoisotopic (exact) mass is 209 g/mol. The van der Waals surface area contributed by atoms with E-state index in [2.05, 4.69) is 22.9 Å². The molecule has 0 aromatic rings. The van der Waals surface area contributed by atoms with Crippen LogP contribution in [0.15, 0.2) is 0 Å². The zero-order chi connectivity index (χ0) is 10.7. The number of nitrogens with zero attached hydrogens (tertiary/aromatic N) is 3. The lowest BCUT2D eigenvalue weighted by molar-refractivity contribution is -0.0160. The minimum Gasteiger partial charge on any atom is -0.381 e. The Bertz CT molecular complexity index is 247. The molecule has 2 aliphatic heterocycles. The average Bonchev–Trinajstić information content (AvgIpc) is 2.31. The number of hydrogen-bond donors (Lipinski definition) is 0. The third-order valence-electron chi connectivity index (χ3n) is 3.64. The highest BCUT2D eigenvalue weighted by molar-refractivity contribution is 5.10. The fourth-order valence-corrected chi connectivity index (χ4v) is 2.44. The van der Waals surface area contributed by atoms with Crippen LogP contribution in [0.3, 0.4) is 0 Å². The van der Waals surface area contributed by atoms with Crippen molar-refractivity contribution in [3.63, 3.8) is 0 Å². The summed E-state index contributed by atoms with van der Waals surface area (Å²) in [6, 6.07) is 2.53. The molecule has 2 fully saturated rings. The summed E-state index contributed by atoms with van der Waals surface area (Å²) in [5.74, 6) is 0. The Morgan fingerprint density at radius 3 is 2.27 bits per heavy atom. The maximum atomic E-state index is 9.40. The van der Waals surface area contributed by atoms with Crippen LogP contribution in [0.5, 0.6) is 0 Å². The lowest BCUT2D eigenvalue weighted by Crippen LogP contribution is -2.57. The zero-order valence-corrected chi connectivity index (χ0v) is 9.41. The first kappa shape index (κ1) is 10.9. The quantitative estimate of drug-likeness (QED) is 0.623. The normalized spacial score (nSPS) is 28.5. The van der Waals surface area contributed by atoms with Gasteiger partial charge in [-0.2, -0.15) is 5.26 Å². The standard InChI is InChI=1S/C11H19N3O/c1-13-4-6-14(7-5-13)11(10-12)2-8-15-9-3-11/h2-9H2,1H3. The Morgan fingerprint density at radius 1 is 1.13 bits per heavy atom. The minimum absolute atomic E-state index is 0.237. The van der Waals surface area contributed by atoms with Crippen molar-refractivity contribution in [1.82, 2.24) is 9.80 Å². The molecule has 0 N–H and O–H groups in total. The Balaban J connectivity index is 2.03. The number of rotatable bonds is 1. The summed E-state index contributed by atoms with van der Waals surface area (Å²) in [4.78, 5) is 4.68. The molecule has 0 aromatic heterocycles. The molecule has 4 nitrogen and oxygen atoms in total. The Morgan fingerprint density at radius 2 is 1.73 bits per heavy atom. The van der Waals surface area contributed by atoms with Crippen molar-refractivity contribution in [3.05, 3.63) is 0 Å². The molecule has 2 saturated heterocycles. The van der Waals surface area contributed by atoms with Crippen molar-refractivity contribution in [2.24, 2.45) is 0 Å². The maximum absolute atomic E-state index is 9.40. The first-order chi connectivity index (χ1) is 7.27. The molecule has 0 radical (unpaired) electrons. The highest BCUT2D eigenvalue weighted by atomic mass is 16.5. The van der Waals surface area contributed by atoms with Gasteiger partial charge >= 0.3 is 0 Å². The number of piperazine rings is 1. The fourth-order valence-electron chi connectivity index (χ4n) is 2.44. The topological polar surface area (TPSA) is 39.5 Å². The highest BCUT2D eigenvalue weighted by Gasteiger charge is 2.39. The number of ether oxygens (including phenoxy) is 1. The fraction of sp³-hybridized carbons (Fsp3) is 0.909. The summed E-state index contributed by atoms with van der Waals surface area (Å²) in [6.45, 7) is 5.66. The van der Waals surface area contributed by atoms with E-state index in [0.717, 1.165) is 52.2 Å². The van der Waals surface area contributed by atoms with E-state index in [-0.39, 0.29) is 5.54 Å². The molecule has 0 aliphatic carbocycles. The van der Waals surface area contributed by atoms with E-state index in [1.165, 1.54) is 0 Å². The summed E-state index contributed by atoms with van der Waals surface area (Å²) in [7, 11) is 2.14. The van der Waals surface area contributed by atoms with Crippen LogP contribution in [0.2, 0.25) is 0 Å². The SMILES string of the molecule is CN1CCN(C2(C#N)CCOCC2)CC1. The van der Waals surface area contributed by atoms with Gasteiger partial charge in [0, 0.05) is 52.2 Å². The van der Waals surface area contributed by atoms with Gasteiger partial charge in [0.15, 0.2) is 0 Å². The van der Waals surface area contributed by atoms with Gasteiger partial charge in [0.25, 0.3) is 0 Å². The summed E-state index contributed by atoms with van der Waals surface area (Å²) in [5, 5.41) is 9.40. The van der Waals surface area contributed by atoms with Crippen LogP contribution in [0.4, 0.5) is 0 Å². The van der Waals surface area contributed by atoms with Crippen molar-refractivity contribution < 1.29 is 4.74 Å². The van der Waals surface area contributed by atoms with Gasteiger partial charge in [-0.3, -0.25) is 4.90 Å². The van der Waals surface area contributed by atoms with E-state index < -0.39 is 0 Å². The molecule has 2 heterocycles. The second kappa shape index (κ2) is 4.48. The van der Waals surface area contributed by atoms with Gasteiger partial charge in [-0.1, -0.05) is 0 Å². The van der Waals surface area contributed by atoms with Crippen LogP contribution in [0.25, 0.3) is 0 Å². The molecule has 0 bridgehead atoms. The van der Waals surface area contributed by atoms with Crippen LogP contribution >= 0.6 is 0 Å². The molecule has 0 aromatic carbocycles. The van der Waals surface area contributed by atoms with E-state index >= 15 is 0 Å². The summed E-state index contributed by atoms with van der Waals surface area (Å²) >= 11 is 0. The van der Waals surface area contributed by atoms with Crippen molar-refractivity contribution in [2.45, 2.75) is 18.4 Å². The summed E-state index contributed by atoms with van der Waals surface area (Å²) in [6.07, 6.45) is 1.74. The molecular weight excluding hydrogens is 190 g/mol. The number of nitriles is 1. The summed E-state index contributed by atoms with van der Waals surface area (Å²) in [5.41, 5.74) is -0.237. The van der Waals surface area contributed by atoms with Gasteiger partial charge in [-0.15, -0.1) is 0 Å². The predicted molar refractivity (Wildman–Crippen MR) is 57.5 cm³/mol. The second-order valence-corrected chi connectivity index (χ2v) is 4.55. The zero-order valence-electron chi connectivity index (χ0n) is 9.41. The van der Waals surface area contributed by atoms with Gasteiger partial charge in [-0.05, 0) is 7.05 Å². The van der Waals surface area contributed by atoms with E-state index in [1.807, 2.05) is 0 Å². The lowest BCUT2D eigenvalue weighted by Gasteiger charge is -2.44.